The average molecular weight is 338 g/mol. The van der Waals surface area contributed by atoms with Gasteiger partial charge in [0.1, 0.15) is 16.4 Å². The maximum Gasteiger partial charge on any atom is 0.292 e. The minimum absolute atomic E-state index is 0.0686. The molecule has 6 nitrogen and oxygen atoms in total. The molecule has 0 aliphatic carbocycles. The molecule has 0 bridgehead atoms. The normalized spacial score (nSPS) is 10.2. The standard InChI is InChI=1S/C14H14O4S.C2H4O2/c1-18-13-8-4-2-6-11(13)10-19(16,17)14-9-5-3-7-12(14)15;1-4-2-3/h2-9,15H,10H2,1H3;2H,1H3. The molecule has 0 atom stereocenters. The number of carbonyl (C=O) groups is 1. The van der Waals surface area contributed by atoms with Crippen LogP contribution in [0.5, 0.6) is 11.5 Å². The molecule has 0 fully saturated rings. The van der Waals surface area contributed by atoms with Crippen molar-refractivity contribution in [2.75, 3.05) is 14.2 Å². The van der Waals surface area contributed by atoms with Gasteiger partial charge in [-0.1, -0.05) is 30.3 Å². The SMILES string of the molecule is COC=O.COc1ccccc1CS(=O)(=O)c1ccccc1O. The molecule has 0 spiro atoms. The number of benzene rings is 2. The lowest BCUT2D eigenvalue weighted by atomic mass is 10.2. The van der Waals surface area contributed by atoms with E-state index in [0.29, 0.717) is 17.8 Å². The molecular weight excluding hydrogens is 320 g/mol. The van der Waals surface area contributed by atoms with E-state index in [4.69, 9.17) is 9.53 Å². The van der Waals surface area contributed by atoms with Crippen molar-refractivity contribution < 1.29 is 27.8 Å². The van der Waals surface area contributed by atoms with Crippen LogP contribution in [0.25, 0.3) is 0 Å². The Hall–Kier alpha value is -2.54. The molecule has 0 radical (unpaired) electrons. The van der Waals surface area contributed by atoms with E-state index in [-0.39, 0.29) is 16.4 Å². The smallest absolute Gasteiger partial charge is 0.292 e. The summed E-state index contributed by atoms with van der Waals surface area (Å²) in [5, 5.41) is 9.64. The van der Waals surface area contributed by atoms with E-state index in [9.17, 15) is 13.5 Å². The molecule has 0 aliphatic rings. The summed E-state index contributed by atoms with van der Waals surface area (Å²) in [5.74, 6) is 0.0630. The first-order valence-electron chi connectivity index (χ1n) is 6.55. The highest BCUT2D eigenvalue weighted by molar-refractivity contribution is 7.90. The van der Waals surface area contributed by atoms with Crippen LogP contribution in [0, 0.1) is 0 Å². The first kappa shape index (κ1) is 18.5. The van der Waals surface area contributed by atoms with Gasteiger partial charge in [0, 0.05) is 5.56 Å². The second-order valence-electron chi connectivity index (χ2n) is 4.37. The lowest BCUT2D eigenvalue weighted by molar-refractivity contribution is -0.126. The molecule has 1 N–H and O–H groups in total. The van der Waals surface area contributed by atoms with Gasteiger partial charge in [0.2, 0.25) is 0 Å². The molecule has 124 valence electrons. The van der Waals surface area contributed by atoms with Crippen LogP contribution in [0.2, 0.25) is 0 Å². The molecule has 2 aromatic rings. The number of phenols is 1. The van der Waals surface area contributed by atoms with Crippen molar-refractivity contribution in [3.05, 3.63) is 54.1 Å². The summed E-state index contributed by atoms with van der Waals surface area (Å²) in [6, 6.07) is 12.8. The van der Waals surface area contributed by atoms with Crippen molar-refractivity contribution in [2.45, 2.75) is 10.6 Å². The summed E-state index contributed by atoms with van der Waals surface area (Å²) < 4.78 is 33.5. The highest BCUT2D eigenvalue weighted by Gasteiger charge is 2.20. The van der Waals surface area contributed by atoms with Gasteiger partial charge >= 0.3 is 0 Å². The largest absolute Gasteiger partial charge is 0.507 e. The van der Waals surface area contributed by atoms with Crippen LogP contribution in [0.1, 0.15) is 5.56 Å². The Labute approximate surface area is 135 Å². The predicted octanol–water partition coefficient (Wildman–Crippen LogP) is 2.16. The zero-order chi connectivity index (χ0) is 17.3. The first-order valence-corrected chi connectivity index (χ1v) is 8.20. The van der Waals surface area contributed by atoms with E-state index in [0.717, 1.165) is 0 Å². The second kappa shape index (κ2) is 8.79. The number of methoxy groups -OCH3 is 2. The first-order chi connectivity index (χ1) is 11.0. The third-order valence-corrected chi connectivity index (χ3v) is 4.54. The van der Waals surface area contributed by atoms with E-state index >= 15 is 0 Å². The predicted molar refractivity (Wildman–Crippen MR) is 85.1 cm³/mol. The summed E-state index contributed by atoms with van der Waals surface area (Å²) in [6.07, 6.45) is 0. The van der Waals surface area contributed by atoms with Gasteiger partial charge < -0.3 is 14.6 Å². The van der Waals surface area contributed by atoms with E-state index in [2.05, 4.69) is 4.74 Å². The number of para-hydroxylation sites is 2. The lowest BCUT2D eigenvalue weighted by Crippen LogP contribution is -2.06. The number of carbonyl (C=O) groups excluding carboxylic acids is 1. The Morgan fingerprint density at radius 2 is 1.61 bits per heavy atom. The van der Waals surface area contributed by atoms with Crippen LogP contribution in [0.4, 0.5) is 0 Å². The molecule has 0 saturated heterocycles. The van der Waals surface area contributed by atoms with Crippen LogP contribution in [-0.4, -0.2) is 34.2 Å². The highest BCUT2D eigenvalue weighted by atomic mass is 32.2. The van der Waals surface area contributed by atoms with E-state index in [1.165, 1.54) is 26.4 Å². The molecule has 0 heterocycles. The minimum atomic E-state index is -3.61. The monoisotopic (exact) mass is 338 g/mol. The maximum atomic E-state index is 12.3. The summed E-state index contributed by atoms with van der Waals surface area (Å²) >= 11 is 0. The van der Waals surface area contributed by atoms with Crippen molar-refractivity contribution in [3.63, 3.8) is 0 Å². The Balaban J connectivity index is 0.000000593. The van der Waals surface area contributed by atoms with Crippen molar-refractivity contribution in [2.24, 2.45) is 0 Å². The summed E-state index contributed by atoms with van der Waals surface area (Å²) in [7, 11) is -0.803. The number of rotatable bonds is 5. The van der Waals surface area contributed by atoms with Crippen LogP contribution in [-0.2, 0) is 25.1 Å². The zero-order valence-electron chi connectivity index (χ0n) is 12.8. The molecule has 0 aromatic heterocycles. The number of sulfone groups is 1. The van der Waals surface area contributed by atoms with Gasteiger partial charge in [-0.05, 0) is 18.2 Å². The van der Waals surface area contributed by atoms with Crippen LogP contribution in [0.15, 0.2) is 53.4 Å². The molecule has 0 saturated carbocycles. The lowest BCUT2D eigenvalue weighted by Gasteiger charge is -2.09. The highest BCUT2D eigenvalue weighted by Crippen LogP contribution is 2.28. The quantitative estimate of drug-likeness (QED) is 0.840. The van der Waals surface area contributed by atoms with Crippen molar-refractivity contribution in [3.8, 4) is 11.5 Å². The van der Waals surface area contributed by atoms with Crippen LogP contribution < -0.4 is 4.74 Å². The van der Waals surface area contributed by atoms with Gasteiger partial charge in [-0.15, -0.1) is 0 Å². The van der Waals surface area contributed by atoms with Gasteiger partial charge in [-0.3, -0.25) is 4.79 Å². The molecule has 2 aromatic carbocycles. The summed E-state index contributed by atoms with van der Waals surface area (Å²) in [5.41, 5.74) is 0.563. The Bertz CT molecular complexity index is 740. The molecule has 0 unspecified atom stereocenters. The second-order valence-corrected chi connectivity index (χ2v) is 6.33. The van der Waals surface area contributed by atoms with Crippen molar-refractivity contribution in [1.29, 1.82) is 0 Å². The number of hydrogen-bond acceptors (Lipinski definition) is 6. The Kier molecular flexibility index (Phi) is 7.08. The van der Waals surface area contributed by atoms with E-state index in [1.807, 2.05) is 0 Å². The Morgan fingerprint density at radius 3 is 2.17 bits per heavy atom. The number of hydrogen-bond donors (Lipinski definition) is 1. The summed E-state index contributed by atoms with van der Waals surface area (Å²) in [6.45, 7) is 0.375. The number of ether oxygens (including phenoxy) is 2. The van der Waals surface area contributed by atoms with Gasteiger partial charge in [-0.25, -0.2) is 8.42 Å². The fourth-order valence-electron chi connectivity index (χ4n) is 1.82. The average Bonchev–Trinajstić information content (AvgIpc) is 2.55. The summed E-state index contributed by atoms with van der Waals surface area (Å²) in [4.78, 5) is 8.88. The molecule has 7 heteroatoms. The molecular formula is C16H18O6S. The third-order valence-electron chi connectivity index (χ3n) is 2.83. The van der Waals surface area contributed by atoms with Crippen molar-refractivity contribution >= 4 is 16.3 Å². The van der Waals surface area contributed by atoms with Crippen molar-refractivity contribution in [1.82, 2.24) is 0 Å². The zero-order valence-corrected chi connectivity index (χ0v) is 13.6. The maximum absolute atomic E-state index is 12.3. The number of phenolic OH excluding ortho intramolecular Hbond substituents is 1. The Morgan fingerprint density at radius 1 is 1.04 bits per heavy atom. The van der Waals surface area contributed by atoms with Gasteiger partial charge in [0.15, 0.2) is 9.84 Å². The molecule has 0 amide bonds. The van der Waals surface area contributed by atoms with Gasteiger partial charge in [0.05, 0.1) is 20.0 Å². The third kappa shape index (κ3) is 5.30. The van der Waals surface area contributed by atoms with E-state index in [1.54, 1.807) is 36.4 Å². The molecule has 0 aliphatic heterocycles. The van der Waals surface area contributed by atoms with Gasteiger partial charge in [0.25, 0.3) is 6.47 Å². The van der Waals surface area contributed by atoms with Crippen LogP contribution in [0.3, 0.4) is 0 Å². The molecule has 23 heavy (non-hydrogen) atoms. The van der Waals surface area contributed by atoms with Crippen LogP contribution >= 0.6 is 0 Å². The van der Waals surface area contributed by atoms with Gasteiger partial charge in [-0.2, -0.15) is 0 Å². The topological polar surface area (TPSA) is 89.9 Å². The fraction of sp³-hybridized carbons (Fsp3) is 0.188. The minimum Gasteiger partial charge on any atom is -0.507 e. The molecule has 2 rings (SSSR count). The number of aromatic hydroxyl groups is 1. The fourth-order valence-corrected chi connectivity index (χ4v) is 3.30. The van der Waals surface area contributed by atoms with E-state index < -0.39 is 9.84 Å².